The van der Waals surface area contributed by atoms with E-state index in [1.54, 1.807) is 55.5 Å². The molecule has 4 aromatic rings. The average molecular weight is 710 g/mol. The summed E-state index contributed by atoms with van der Waals surface area (Å²) in [4.78, 5) is 54.9. The maximum Gasteiger partial charge on any atom is 0.341 e. The molecule has 0 fully saturated rings. The maximum atomic E-state index is 13.6. The Bertz CT molecular complexity index is 1870. The van der Waals surface area contributed by atoms with Crippen molar-refractivity contribution in [3.05, 3.63) is 117 Å². The number of esters is 1. The first-order valence-electron chi connectivity index (χ1n) is 16.9. The topological polar surface area (TPSA) is 114 Å². The Kier molecular flexibility index (Phi) is 12.7. The van der Waals surface area contributed by atoms with Crippen molar-refractivity contribution in [3.8, 4) is 0 Å². The number of ether oxygens (including phenoxy) is 1. The van der Waals surface area contributed by atoms with Gasteiger partial charge in [0.2, 0.25) is 5.91 Å². The molecule has 1 aromatic heterocycles. The molecule has 8 nitrogen and oxygen atoms in total. The Hall–Kier alpha value is -4.67. The summed E-state index contributed by atoms with van der Waals surface area (Å²) in [6.45, 7) is 6.03. The Morgan fingerprint density at radius 3 is 2.26 bits per heavy atom. The van der Waals surface area contributed by atoms with Crippen LogP contribution in [0, 0.1) is 0 Å². The van der Waals surface area contributed by atoms with Crippen LogP contribution >= 0.6 is 23.1 Å². The highest BCUT2D eigenvalue weighted by molar-refractivity contribution is 8.00. The lowest BCUT2D eigenvalue weighted by molar-refractivity contribution is -0.115. The Morgan fingerprint density at radius 1 is 0.840 bits per heavy atom. The molecule has 3 aromatic carbocycles. The van der Waals surface area contributed by atoms with Gasteiger partial charge in [-0.15, -0.1) is 23.1 Å². The molecule has 10 heteroatoms. The molecule has 50 heavy (non-hydrogen) atoms. The van der Waals surface area contributed by atoms with Gasteiger partial charge in [0.05, 0.1) is 17.9 Å². The molecule has 1 aliphatic rings. The van der Waals surface area contributed by atoms with Crippen LogP contribution in [0.1, 0.15) is 94.7 Å². The molecule has 1 aliphatic carbocycles. The van der Waals surface area contributed by atoms with Crippen molar-refractivity contribution in [2.75, 3.05) is 17.7 Å². The zero-order chi connectivity index (χ0) is 35.6. The number of fused-ring (bicyclic) bond motifs is 1. The minimum atomic E-state index is -0.509. The van der Waals surface area contributed by atoms with Gasteiger partial charge in [0.25, 0.3) is 11.8 Å². The number of anilines is 2. The van der Waals surface area contributed by atoms with Gasteiger partial charge in [-0.1, -0.05) is 75.2 Å². The third kappa shape index (κ3) is 9.52. The standard InChI is InChI=1S/C40H43N3O5S2/c1-25(2)28-21-19-27(20-22-28)23-33(42-37(45)29-13-8-7-9-14-29)38(46)41-30-15-12-16-31(24-30)49-26(3)36(44)43-39-35(40(47)48-4)32-17-10-5-6-11-18-34(32)50-39/h7-9,12-16,19-26H,5-6,10-11,17-18H2,1-4H3,(H,41,46)(H,42,45)(H,43,44)/b33-23+. The van der Waals surface area contributed by atoms with Gasteiger partial charge in [-0.05, 0) is 91.6 Å². The minimum absolute atomic E-state index is 0.0911. The van der Waals surface area contributed by atoms with Crippen LogP contribution in [0.4, 0.5) is 10.7 Å². The molecule has 0 bridgehead atoms. The summed E-state index contributed by atoms with van der Waals surface area (Å²) in [5, 5.41) is 8.74. The molecule has 0 saturated carbocycles. The fraction of sp³-hybridized carbons (Fsp3) is 0.300. The normalized spacial score (nSPS) is 13.7. The van der Waals surface area contributed by atoms with E-state index < -0.39 is 23.0 Å². The SMILES string of the molecule is COC(=O)c1c(NC(=O)C(C)Sc2cccc(NC(=O)/C(=C\c3ccc(C(C)C)cc3)NC(=O)c3ccccc3)c2)sc2c1CCCCCC2. The van der Waals surface area contributed by atoms with E-state index in [9.17, 15) is 19.2 Å². The molecule has 1 atom stereocenters. The third-order valence-corrected chi connectivity index (χ3v) is 10.8. The van der Waals surface area contributed by atoms with E-state index in [0.29, 0.717) is 27.7 Å². The summed E-state index contributed by atoms with van der Waals surface area (Å²) in [7, 11) is 1.37. The lowest BCUT2D eigenvalue weighted by atomic mass is 9.96. The zero-order valence-corrected chi connectivity index (χ0v) is 30.5. The molecule has 1 unspecified atom stereocenters. The van der Waals surface area contributed by atoms with E-state index in [2.05, 4.69) is 29.8 Å². The lowest BCUT2D eigenvalue weighted by Crippen LogP contribution is -2.30. The van der Waals surface area contributed by atoms with Crippen LogP contribution in [0.25, 0.3) is 6.08 Å². The molecule has 260 valence electrons. The molecular weight excluding hydrogens is 667 g/mol. The van der Waals surface area contributed by atoms with E-state index in [1.807, 2.05) is 36.4 Å². The highest BCUT2D eigenvalue weighted by Crippen LogP contribution is 2.38. The van der Waals surface area contributed by atoms with Crippen molar-refractivity contribution in [1.82, 2.24) is 5.32 Å². The molecule has 3 amide bonds. The van der Waals surface area contributed by atoms with Crippen molar-refractivity contribution in [1.29, 1.82) is 0 Å². The van der Waals surface area contributed by atoms with Crippen LogP contribution in [0.5, 0.6) is 0 Å². The highest BCUT2D eigenvalue weighted by Gasteiger charge is 2.27. The second kappa shape index (κ2) is 17.3. The van der Waals surface area contributed by atoms with Crippen molar-refractivity contribution < 1.29 is 23.9 Å². The first-order chi connectivity index (χ1) is 24.1. The summed E-state index contributed by atoms with van der Waals surface area (Å²) in [5.74, 6) is -1.19. The van der Waals surface area contributed by atoms with Crippen LogP contribution in [-0.2, 0) is 27.2 Å². The number of aryl methyl sites for hydroxylation is 1. The van der Waals surface area contributed by atoms with Crippen LogP contribution in [-0.4, -0.2) is 36.1 Å². The number of carbonyl (C=O) groups is 4. The van der Waals surface area contributed by atoms with E-state index >= 15 is 0 Å². The summed E-state index contributed by atoms with van der Waals surface area (Å²) in [5.41, 5.74) is 4.44. The van der Waals surface area contributed by atoms with Gasteiger partial charge < -0.3 is 20.7 Å². The molecule has 0 radical (unpaired) electrons. The lowest BCUT2D eigenvalue weighted by Gasteiger charge is -2.14. The van der Waals surface area contributed by atoms with Gasteiger partial charge in [-0.2, -0.15) is 0 Å². The first-order valence-corrected chi connectivity index (χ1v) is 18.6. The van der Waals surface area contributed by atoms with Crippen molar-refractivity contribution in [3.63, 3.8) is 0 Å². The molecule has 3 N–H and O–H groups in total. The molecule has 0 spiro atoms. The fourth-order valence-corrected chi connectivity index (χ4v) is 7.94. The third-order valence-electron chi connectivity index (χ3n) is 8.51. The minimum Gasteiger partial charge on any atom is -0.465 e. The predicted octanol–water partition coefficient (Wildman–Crippen LogP) is 8.85. The number of rotatable bonds is 11. The van der Waals surface area contributed by atoms with Crippen LogP contribution in [0.3, 0.4) is 0 Å². The summed E-state index contributed by atoms with van der Waals surface area (Å²) >= 11 is 2.81. The molecule has 5 rings (SSSR count). The van der Waals surface area contributed by atoms with Crippen LogP contribution in [0.15, 0.2) is 89.5 Å². The second-order valence-corrected chi connectivity index (χ2v) is 15.1. The predicted molar refractivity (Wildman–Crippen MR) is 203 cm³/mol. The molecular formula is C40H43N3O5S2. The quantitative estimate of drug-likeness (QED) is 0.0815. The summed E-state index contributed by atoms with van der Waals surface area (Å²) < 4.78 is 5.11. The van der Waals surface area contributed by atoms with E-state index in [0.717, 1.165) is 59.4 Å². The first kappa shape index (κ1) is 36.6. The number of nitrogens with one attached hydrogen (secondary N) is 3. The van der Waals surface area contributed by atoms with Gasteiger partial charge in [0, 0.05) is 21.0 Å². The Labute approximate surface area is 302 Å². The van der Waals surface area contributed by atoms with Gasteiger partial charge in [-0.25, -0.2) is 4.79 Å². The largest absolute Gasteiger partial charge is 0.465 e. The monoisotopic (exact) mass is 709 g/mol. The second-order valence-electron chi connectivity index (χ2n) is 12.5. The zero-order valence-electron chi connectivity index (χ0n) is 28.8. The Balaban J connectivity index is 1.30. The number of methoxy groups -OCH3 is 1. The molecule has 0 aliphatic heterocycles. The van der Waals surface area contributed by atoms with Crippen LogP contribution in [0.2, 0.25) is 0 Å². The van der Waals surface area contributed by atoms with Gasteiger partial charge in [-0.3, -0.25) is 14.4 Å². The van der Waals surface area contributed by atoms with Gasteiger partial charge in [0.1, 0.15) is 10.7 Å². The van der Waals surface area contributed by atoms with Crippen molar-refractivity contribution >= 4 is 63.6 Å². The van der Waals surface area contributed by atoms with E-state index in [1.165, 1.54) is 35.8 Å². The maximum absolute atomic E-state index is 13.6. The smallest absolute Gasteiger partial charge is 0.341 e. The van der Waals surface area contributed by atoms with Gasteiger partial charge >= 0.3 is 5.97 Å². The summed E-state index contributed by atoms with van der Waals surface area (Å²) in [6, 6.07) is 23.8. The Morgan fingerprint density at radius 2 is 1.56 bits per heavy atom. The van der Waals surface area contributed by atoms with Gasteiger partial charge in [0.15, 0.2) is 0 Å². The number of thiophene rings is 1. The number of benzene rings is 3. The van der Waals surface area contributed by atoms with Crippen molar-refractivity contribution in [2.24, 2.45) is 0 Å². The number of carbonyl (C=O) groups excluding carboxylic acids is 4. The van der Waals surface area contributed by atoms with E-state index in [4.69, 9.17) is 4.74 Å². The number of amides is 3. The van der Waals surface area contributed by atoms with E-state index in [-0.39, 0.29) is 11.6 Å². The molecule has 1 heterocycles. The van der Waals surface area contributed by atoms with Crippen molar-refractivity contribution in [2.45, 2.75) is 75.4 Å². The fourth-order valence-electron chi connectivity index (χ4n) is 5.73. The summed E-state index contributed by atoms with van der Waals surface area (Å²) in [6.07, 6.45) is 7.68. The number of thioether (sulfide) groups is 1. The molecule has 0 saturated heterocycles. The number of hydrogen-bond donors (Lipinski definition) is 3. The van der Waals surface area contributed by atoms with Crippen LogP contribution < -0.4 is 16.0 Å². The average Bonchev–Trinajstić information content (AvgIpc) is 3.43. The number of hydrogen-bond acceptors (Lipinski definition) is 7. The highest BCUT2D eigenvalue weighted by atomic mass is 32.2.